The lowest BCUT2D eigenvalue weighted by Gasteiger charge is -2.07. The lowest BCUT2D eigenvalue weighted by atomic mass is 10.3. The van der Waals surface area contributed by atoms with Crippen molar-refractivity contribution >= 4 is 11.6 Å². The summed E-state index contributed by atoms with van der Waals surface area (Å²) in [6, 6.07) is 3.71. The number of aryl methyl sites for hydroxylation is 2. The molecule has 0 N–H and O–H groups in total. The first-order valence-electron chi connectivity index (χ1n) is 5.07. The van der Waals surface area contributed by atoms with Crippen molar-refractivity contribution in [2.24, 2.45) is 7.05 Å². The molecule has 0 radical (unpaired) electrons. The Morgan fingerprint density at radius 1 is 1.41 bits per heavy atom. The van der Waals surface area contributed by atoms with Gasteiger partial charge in [0.1, 0.15) is 5.75 Å². The molecule has 0 fully saturated rings. The third kappa shape index (κ3) is 2.91. The zero-order valence-corrected chi connectivity index (χ0v) is 10.3. The van der Waals surface area contributed by atoms with Crippen molar-refractivity contribution in [2.45, 2.75) is 19.4 Å². The maximum atomic E-state index is 5.80. The average molecular weight is 254 g/mol. The Morgan fingerprint density at radius 2 is 2.24 bits per heavy atom. The third-order valence-electron chi connectivity index (χ3n) is 2.10. The fraction of sp³-hybridized carbons (Fsp3) is 0.400. The highest BCUT2D eigenvalue weighted by Gasteiger charge is 2.07. The van der Waals surface area contributed by atoms with E-state index in [-0.39, 0.29) is 6.61 Å². The third-order valence-corrected chi connectivity index (χ3v) is 2.36. The highest BCUT2D eigenvalue weighted by molar-refractivity contribution is 6.17. The minimum atomic E-state index is 0.252. The van der Waals surface area contributed by atoms with Crippen LogP contribution in [-0.2, 0) is 19.5 Å². The van der Waals surface area contributed by atoms with E-state index in [1.54, 1.807) is 7.05 Å². The Balaban J connectivity index is 2.08. The average Bonchev–Trinajstić information content (AvgIpc) is 2.73. The van der Waals surface area contributed by atoms with E-state index in [1.807, 2.05) is 19.1 Å². The molecule has 90 valence electrons. The quantitative estimate of drug-likeness (QED) is 0.767. The molecule has 7 heteroatoms. The van der Waals surface area contributed by atoms with Crippen molar-refractivity contribution in [1.29, 1.82) is 0 Å². The molecule has 2 aromatic heterocycles. The van der Waals surface area contributed by atoms with E-state index in [9.17, 15) is 0 Å². The van der Waals surface area contributed by atoms with Gasteiger partial charge in [0.15, 0.2) is 6.61 Å². The summed E-state index contributed by atoms with van der Waals surface area (Å²) in [4.78, 5) is 5.67. The molecular weight excluding hydrogens is 242 g/mol. The van der Waals surface area contributed by atoms with Crippen LogP contribution in [-0.4, -0.2) is 25.2 Å². The van der Waals surface area contributed by atoms with Crippen LogP contribution in [0, 0.1) is 6.92 Å². The van der Waals surface area contributed by atoms with Gasteiger partial charge in [-0.1, -0.05) is 0 Å². The van der Waals surface area contributed by atoms with Crippen LogP contribution in [0.1, 0.15) is 17.2 Å². The van der Waals surface area contributed by atoms with E-state index < -0.39 is 0 Å². The van der Waals surface area contributed by atoms with Crippen molar-refractivity contribution in [2.75, 3.05) is 0 Å². The van der Waals surface area contributed by atoms with Gasteiger partial charge in [0.25, 0.3) is 0 Å². The standard InChI is InChI=1S/C10H12ClN5O/c1-7-3-4-9(8(5-11)12-7)17-6-10-13-15-16(2)14-10/h3-4H,5-6H2,1-2H3. The molecule has 0 bridgehead atoms. The first kappa shape index (κ1) is 11.8. The van der Waals surface area contributed by atoms with Gasteiger partial charge in [-0.3, -0.25) is 4.98 Å². The summed E-state index contributed by atoms with van der Waals surface area (Å²) >= 11 is 5.80. The second-order valence-corrected chi connectivity index (χ2v) is 3.78. The predicted molar refractivity (Wildman–Crippen MR) is 61.7 cm³/mol. The number of nitrogens with zero attached hydrogens (tertiary/aromatic N) is 5. The van der Waals surface area contributed by atoms with Crippen LogP contribution < -0.4 is 4.74 Å². The van der Waals surface area contributed by atoms with Crippen LogP contribution in [0.25, 0.3) is 0 Å². The van der Waals surface area contributed by atoms with Crippen LogP contribution in [0.15, 0.2) is 12.1 Å². The Labute approximate surface area is 104 Å². The van der Waals surface area contributed by atoms with Crippen LogP contribution in [0.4, 0.5) is 0 Å². The van der Waals surface area contributed by atoms with Gasteiger partial charge in [0.2, 0.25) is 5.82 Å². The number of hydrogen-bond acceptors (Lipinski definition) is 5. The van der Waals surface area contributed by atoms with Gasteiger partial charge in [0, 0.05) is 5.69 Å². The summed E-state index contributed by atoms with van der Waals surface area (Å²) < 4.78 is 5.56. The molecule has 2 aromatic rings. The molecule has 0 saturated carbocycles. The van der Waals surface area contributed by atoms with E-state index in [0.29, 0.717) is 17.5 Å². The number of hydrogen-bond donors (Lipinski definition) is 0. The van der Waals surface area contributed by atoms with Crippen LogP contribution in [0.2, 0.25) is 0 Å². The molecule has 17 heavy (non-hydrogen) atoms. The van der Waals surface area contributed by atoms with Crippen molar-refractivity contribution in [3.05, 3.63) is 29.3 Å². The smallest absolute Gasteiger partial charge is 0.212 e. The molecule has 0 aliphatic carbocycles. The molecule has 0 aliphatic rings. The fourth-order valence-electron chi connectivity index (χ4n) is 1.35. The monoisotopic (exact) mass is 253 g/mol. The number of tetrazole rings is 1. The molecular formula is C10H12ClN5O. The van der Waals surface area contributed by atoms with Gasteiger partial charge in [0.05, 0.1) is 18.6 Å². The highest BCUT2D eigenvalue weighted by atomic mass is 35.5. The topological polar surface area (TPSA) is 65.7 Å². The first-order chi connectivity index (χ1) is 8.19. The Kier molecular flexibility index (Phi) is 3.53. The summed E-state index contributed by atoms with van der Waals surface area (Å²) in [5, 5.41) is 11.6. The minimum Gasteiger partial charge on any atom is -0.483 e. The molecule has 2 rings (SSSR count). The number of pyridine rings is 1. The van der Waals surface area contributed by atoms with Crippen molar-refractivity contribution in [3.8, 4) is 5.75 Å². The molecule has 6 nitrogen and oxygen atoms in total. The lowest BCUT2D eigenvalue weighted by molar-refractivity contribution is 0.291. The van der Waals surface area contributed by atoms with Crippen LogP contribution >= 0.6 is 11.6 Å². The van der Waals surface area contributed by atoms with Gasteiger partial charge in [-0.2, -0.15) is 4.80 Å². The van der Waals surface area contributed by atoms with Crippen molar-refractivity contribution in [3.63, 3.8) is 0 Å². The molecule has 0 atom stereocenters. The van der Waals surface area contributed by atoms with Crippen molar-refractivity contribution in [1.82, 2.24) is 25.2 Å². The zero-order valence-electron chi connectivity index (χ0n) is 9.59. The fourth-order valence-corrected chi connectivity index (χ4v) is 1.54. The number of ether oxygens (including phenoxy) is 1. The van der Waals surface area contributed by atoms with Crippen LogP contribution in [0.5, 0.6) is 5.75 Å². The molecule has 0 amide bonds. The summed E-state index contributed by atoms with van der Waals surface area (Å²) in [7, 11) is 1.70. The highest BCUT2D eigenvalue weighted by Crippen LogP contribution is 2.19. The van der Waals surface area contributed by atoms with E-state index in [0.717, 1.165) is 11.4 Å². The van der Waals surface area contributed by atoms with E-state index in [1.165, 1.54) is 4.80 Å². The number of rotatable bonds is 4. The second kappa shape index (κ2) is 5.09. The Morgan fingerprint density at radius 3 is 2.88 bits per heavy atom. The normalized spacial score (nSPS) is 10.5. The summed E-state index contributed by atoms with van der Waals surface area (Å²) in [6.45, 7) is 2.16. The van der Waals surface area contributed by atoms with Gasteiger partial charge in [-0.25, -0.2) is 0 Å². The van der Waals surface area contributed by atoms with E-state index >= 15 is 0 Å². The first-order valence-corrected chi connectivity index (χ1v) is 5.60. The number of halogens is 1. The second-order valence-electron chi connectivity index (χ2n) is 3.51. The van der Waals surface area contributed by atoms with Gasteiger partial charge in [-0.05, 0) is 24.3 Å². The molecule has 2 heterocycles. The maximum absolute atomic E-state index is 5.80. The number of alkyl halides is 1. The minimum absolute atomic E-state index is 0.252. The summed E-state index contributed by atoms with van der Waals surface area (Å²) in [5.74, 6) is 1.48. The van der Waals surface area contributed by atoms with E-state index in [4.69, 9.17) is 16.3 Å². The van der Waals surface area contributed by atoms with Crippen molar-refractivity contribution < 1.29 is 4.74 Å². The summed E-state index contributed by atoms with van der Waals surface area (Å²) in [6.07, 6.45) is 0. The number of aromatic nitrogens is 5. The Hall–Kier alpha value is -1.69. The SMILES string of the molecule is Cc1ccc(OCc2nnn(C)n2)c(CCl)n1. The van der Waals surface area contributed by atoms with E-state index in [2.05, 4.69) is 20.4 Å². The van der Waals surface area contributed by atoms with Gasteiger partial charge >= 0.3 is 0 Å². The summed E-state index contributed by atoms with van der Waals surface area (Å²) in [5.41, 5.74) is 1.63. The predicted octanol–water partition coefficient (Wildman–Crippen LogP) is 1.23. The molecule has 0 unspecified atom stereocenters. The molecule has 0 aromatic carbocycles. The van der Waals surface area contributed by atoms with Gasteiger partial charge < -0.3 is 4.74 Å². The largest absolute Gasteiger partial charge is 0.483 e. The van der Waals surface area contributed by atoms with Gasteiger partial charge in [-0.15, -0.1) is 21.8 Å². The Bertz CT molecular complexity index is 513. The van der Waals surface area contributed by atoms with Crippen LogP contribution in [0.3, 0.4) is 0 Å². The lowest BCUT2D eigenvalue weighted by Crippen LogP contribution is -2.02. The molecule has 0 aliphatic heterocycles. The maximum Gasteiger partial charge on any atom is 0.212 e. The molecule has 0 saturated heterocycles. The molecule has 0 spiro atoms. The zero-order chi connectivity index (χ0) is 12.3.